The number of aromatic nitrogens is 3. The van der Waals surface area contributed by atoms with Crippen LogP contribution in [0.25, 0.3) is 0 Å². The predicted octanol–water partition coefficient (Wildman–Crippen LogP) is 1.47. The minimum atomic E-state index is -0.382. The maximum absolute atomic E-state index is 12.0. The number of rotatable bonds is 4. The average molecular weight is 262 g/mol. The Kier molecular flexibility index (Phi) is 3.65. The van der Waals surface area contributed by atoms with Crippen molar-refractivity contribution < 1.29 is 14.6 Å². The molecule has 0 bridgehead atoms. The molecule has 0 saturated heterocycles. The van der Waals surface area contributed by atoms with Crippen LogP contribution in [0.4, 0.5) is 5.95 Å². The van der Waals surface area contributed by atoms with E-state index in [4.69, 9.17) is 4.74 Å². The second kappa shape index (κ2) is 5.38. The molecule has 7 heteroatoms. The van der Waals surface area contributed by atoms with E-state index in [9.17, 15) is 9.90 Å². The second-order valence-corrected chi connectivity index (χ2v) is 3.80. The number of benzene rings is 1. The van der Waals surface area contributed by atoms with Crippen molar-refractivity contribution in [2.75, 3.05) is 11.9 Å². The Morgan fingerprint density at radius 2 is 2.32 bits per heavy atom. The van der Waals surface area contributed by atoms with Gasteiger partial charge in [0, 0.05) is 11.1 Å². The van der Waals surface area contributed by atoms with Crippen LogP contribution in [0.2, 0.25) is 0 Å². The summed E-state index contributed by atoms with van der Waals surface area (Å²) in [4.78, 5) is 15.9. The first kappa shape index (κ1) is 12.9. The number of carbonyl (C=O) groups excluding carboxylic acids is 1. The number of ether oxygens (including phenoxy) is 1. The van der Waals surface area contributed by atoms with E-state index in [1.165, 1.54) is 6.07 Å². The van der Waals surface area contributed by atoms with Gasteiger partial charge in [-0.2, -0.15) is 4.98 Å². The van der Waals surface area contributed by atoms with Crippen LogP contribution in [0.15, 0.2) is 18.2 Å². The highest BCUT2D eigenvalue weighted by Gasteiger charge is 2.13. The van der Waals surface area contributed by atoms with E-state index >= 15 is 0 Å². The summed E-state index contributed by atoms with van der Waals surface area (Å²) in [7, 11) is 0. The number of amides is 1. The topological polar surface area (TPSA) is 100 Å². The van der Waals surface area contributed by atoms with Gasteiger partial charge in [-0.05, 0) is 26.0 Å². The largest absolute Gasteiger partial charge is 0.508 e. The molecule has 0 aliphatic heterocycles. The van der Waals surface area contributed by atoms with Gasteiger partial charge < -0.3 is 9.84 Å². The molecule has 7 nitrogen and oxygen atoms in total. The molecule has 0 saturated carbocycles. The number of carbonyl (C=O) groups is 1. The van der Waals surface area contributed by atoms with E-state index < -0.39 is 0 Å². The van der Waals surface area contributed by atoms with Crippen LogP contribution in [-0.2, 0) is 0 Å². The molecule has 1 amide bonds. The predicted molar refractivity (Wildman–Crippen MR) is 68.3 cm³/mol. The summed E-state index contributed by atoms with van der Waals surface area (Å²) in [6.45, 7) is 3.91. The highest BCUT2D eigenvalue weighted by Crippen LogP contribution is 2.20. The van der Waals surface area contributed by atoms with E-state index in [1.54, 1.807) is 19.1 Å². The molecule has 0 aliphatic carbocycles. The first-order valence-electron chi connectivity index (χ1n) is 5.77. The lowest BCUT2D eigenvalue weighted by molar-refractivity contribution is 0.102. The van der Waals surface area contributed by atoms with Crippen LogP contribution in [0.3, 0.4) is 0 Å². The van der Waals surface area contributed by atoms with Crippen LogP contribution in [0, 0.1) is 6.92 Å². The summed E-state index contributed by atoms with van der Waals surface area (Å²) in [6.07, 6.45) is 0. The highest BCUT2D eigenvalue weighted by molar-refractivity contribution is 6.04. The number of H-pyrrole nitrogens is 1. The molecule has 1 aromatic carbocycles. The van der Waals surface area contributed by atoms with E-state index in [-0.39, 0.29) is 23.6 Å². The summed E-state index contributed by atoms with van der Waals surface area (Å²) in [5.74, 6) is -0.121. The lowest BCUT2D eigenvalue weighted by atomic mass is 10.1. The van der Waals surface area contributed by atoms with Gasteiger partial charge in [-0.15, -0.1) is 5.10 Å². The van der Waals surface area contributed by atoms with Gasteiger partial charge in [0.05, 0.1) is 6.61 Å². The molecule has 0 spiro atoms. The SMILES string of the molecule is CCOc1n[nH]c(NC(=O)c2cccc(O)c2C)n1. The molecular formula is C12H14N4O3. The Hall–Kier alpha value is -2.57. The Morgan fingerprint density at radius 3 is 3.05 bits per heavy atom. The quantitative estimate of drug-likeness (QED) is 0.774. The zero-order chi connectivity index (χ0) is 13.8. The minimum absolute atomic E-state index is 0.0697. The Labute approximate surface area is 109 Å². The van der Waals surface area contributed by atoms with Crippen molar-refractivity contribution in [2.24, 2.45) is 0 Å². The first-order valence-corrected chi connectivity index (χ1v) is 5.77. The van der Waals surface area contributed by atoms with Crippen LogP contribution in [0.1, 0.15) is 22.8 Å². The molecule has 2 aromatic rings. The van der Waals surface area contributed by atoms with Crippen molar-refractivity contribution >= 4 is 11.9 Å². The second-order valence-electron chi connectivity index (χ2n) is 3.80. The third kappa shape index (κ3) is 2.82. The number of aromatic amines is 1. The third-order valence-electron chi connectivity index (χ3n) is 2.52. The summed E-state index contributed by atoms with van der Waals surface area (Å²) in [6, 6.07) is 4.91. The maximum atomic E-state index is 12.0. The van der Waals surface area contributed by atoms with Crippen LogP contribution in [0.5, 0.6) is 11.8 Å². The monoisotopic (exact) mass is 262 g/mol. The number of anilines is 1. The van der Waals surface area contributed by atoms with Gasteiger partial charge in [0.2, 0.25) is 5.95 Å². The molecule has 0 radical (unpaired) electrons. The maximum Gasteiger partial charge on any atom is 0.337 e. The summed E-state index contributed by atoms with van der Waals surface area (Å²) >= 11 is 0. The van der Waals surface area contributed by atoms with Crippen molar-refractivity contribution in [1.82, 2.24) is 15.2 Å². The molecule has 100 valence electrons. The molecule has 0 fully saturated rings. The molecule has 0 unspecified atom stereocenters. The number of nitrogens with one attached hydrogen (secondary N) is 2. The summed E-state index contributed by atoms with van der Waals surface area (Å²) in [5.41, 5.74) is 0.874. The summed E-state index contributed by atoms with van der Waals surface area (Å²) < 4.78 is 5.07. The van der Waals surface area contributed by atoms with Gasteiger partial charge in [-0.1, -0.05) is 6.07 Å². The van der Waals surface area contributed by atoms with Crippen LogP contribution in [-0.4, -0.2) is 32.8 Å². The number of hydrogen-bond acceptors (Lipinski definition) is 5. The number of phenols is 1. The molecule has 0 atom stereocenters. The minimum Gasteiger partial charge on any atom is -0.508 e. The van der Waals surface area contributed by atoms with Crippen LogP contribution >= 0.6 is 0 Å². The Balaban J connectivity index is 2.14. The molecule has 2 rings (SSSR count). The third-order valence-corrected chi connectivity index (χ3v) is 2.52. The highest BCUT2D eigenvalue weighted by atomic mass is 16.5. The fraction of sp³-hybridized carbons (Fsp3) is 0.250. The molecule has 1 aromatic heterocycles. The normalized spacial score (nSPS) is 10.2. The average Bonchev–Trinajstić information content (AvgIpc) is 2.80. The van der Waals surface area contributed by atoms with Gasteiger partial charge in [0.1, 0.15) is 5.75 Å². The first-order chi connectivity index (χ1) is 9.11. The van der Waals surface area contributed by atoms with Crippen molar-refractivity contribution in [2.45, 2.75) is 13.8 Å². The van der Waals surface area contributed by atoms with E-state index in [2.05, 4.69) is 20.5 Å². The zero-order valence-electron chi connectivity index (χ0n) is 10.6. The lowest BCUT2D eigenvalue weighted by Gasteiger charge is -2.06. The summed E-state index contributed by atoms with van der Waals surface area (Å²) in [5, 5.41) is 18.4. The zero-order valence-corrected chi connectivity index (χ0v) is 10.6. The van der Waals surface area contributed by atoms with Crippen LogP contribution < -0.4 is 10.1 Å². The van der Waals surface area contributed by atoms with E-state index in [1.807, 2.05) is 6.92 Å². The van der Waals surface area contributed by atoms with Gasteiger partial charge >= 0.3 is 6.01 Å². The number of hydrogen-bond donors (Lipinski definition) is 3. The molecule has 3 N–H and O–H groups in total. The van der Waals surface area contributed by atoms with E-state index in [0.29, 0.717) is 17.7 Å². The Morgan fingerprint density at radius 1 is 1.53 bits per heavy atom. The van der Waals surface area contributed by atoms with Crippen molar-refractivity contribution in [3.63, 3.8) is 0 Å². The van der Waals surface area contributed by atoms with Gasteiger partial charge in [-0.25, -0.2) is 5.10 Å². The number of aromatic hydroxyl groups is 1. The van der Waals surface area contributed by atoms with Crippen molar-refractivity contribution in [1.29, 1.82) is 0 Å². The Bertz CT molecular complexity index is 594. The van der Waals surface area contributed by atoms with Crippen molar-refractivity contribution in [3.8, 4) is 11.8 Å². The standard InChI is InChI=1S/C12H14N4O3/c1-3-19-12-14-11(15-16-12)13-10(18)8-5-4-6-9(17)7(8)2/h4-6,17H,3H2,1-2H3,(H2,13,14,15,16,18). The smallest absolute Gasteiger partial charge is 0.337 e. The number of phenolic OH excluding ortho intramolecular Hbond substituents is 1. The van der Waals surface area contributed by atoms with Gasteiger partial charge in [0.15, 0.2) is 0 Å². The molecule has 1 heterocycles. The molecule has 19 heavy (non-hydrogen) atoms. The van der Waals surface area contributed by atoms with E-state index in [0.717, 1.165) is 0 Å². The molecular weight excluding hydrogens is 248 g/mol. The lowest BCUT2D eigenvalue weighted by Crippen LogP contribution is -2.14. The molecule has 0 aliphatic rings. The van der Waals surface area contributed by atoms with Gasteiger partial charge in [-0.3, -0.25) is 10.1 Å². The fourth-order valence-corrected chi connectivity index (χ4v) is 1.54. The van der Waals surface area contributed by atoms with Crippen molar-refractivity contribution in [3.05, 3.63) is 29.3 Å². The fourth-order valence-electron chi connectivity index (χ4n) is 1.54. The number of nitrogens with zero attached hydrogens (tertiary/aromatic N) is 2. The van der Waals surface area contributed by atoms with Gasteiger partial charge in [0.25, 0.3) is 5.91 Å².